The number of amides is 1. The van der Waals surface area contributed by atoms with Crippen LogP contribution in [0, 0.1) is 0 Å². The molecule has 1 aliphatic carbocycles. The van der Waals surface area contributed by atoms with Gasteiger partial charge in [0.25, 0.3) is 0 Å². The van der Waals surface area contributed by atoms with Crippen molar-refractivity contribution in [2.75, 3.05) is 7.11 Å². The summed E-state index contributed by atoms with van der Waals surface area (Å²) in [5.41, 5.74) is 4.38. The molecule has 1 amide bonds. The number of benzene rings is 2. The van der Waals surface area contributed by atoms with E-state index in [0.717, 1.165) is 28.5 Å². The van der Waals surface area contributed by atoms with Gasteiger partial charge in [0.15, 0.2) is 0 Å². The van der Waals surface area contributed by atoms with E-state index < -0.39 is 6.09 Å². The van der Waals surface area contributed by atoms with Crippen molar-refractivity contribution in [3.05, 3.63) is 59.7 Å². The molecule has 0 fully saturated rings. The van der Waals surface area contributed by atoms with Gasteiger partial charge >= 0.3 is 6.09 Å². The number of aldehydes is 1. The molecular weight excluding hydrogens is 290 g/mol. The Morgan fingerprint density at radius 2 is 1.65 bits per heavy atom. The number of hydrogen-bond donors (Lipinski definition) is 0. The lowest BCUT2D eigenvalue weighted by Gasteiger charge is -2.33. The second kappa shape index (κ2) is 6.24. The van der Waals surface area contributed by atoms with Crippen LogP contribution in [-0.2, 0) is 9.53 Å². The minimum atomic E-state index is -0.421. The lowest BCUT2D eigenvalue weighted by molar-refractivity contribution is -0.108. The van der Waals surface area contributed by atoms with Crippen molar-refractivity contribution in [1.29, 1.82) is 0 Å². The summed E-state index contributed by atoms with van der Waals surface area (Å²) in [5.74, 6) is 0. The van der Waals surface area contributed by atoms with Gasteiger partial charge in [-0.05, 0) is 29.2 Å². The van der Waals surface area contributed by atoms with Gasteiger partial charge in [0, 0.05) is 12.5 Å². The molecule has 23 heavy (non-hydrogen) atoms. The van der Waals surface area contributed by atoms with Crippen molar-refractivity contribution < 1.29 is 14.3 Å². The smallest absolute Gasteiger partial charge is 0.410 e. The molecule has 0 saturated heterocycles. The summed E-state index contributed by atoms with van der Waals surface area (Å²) in [6.45, 7) is 1.87. The lowest BCUT2D eigenvalue weighted by atomic mass is 10.0. The first kappa shape index (κ1) is 15.3. The molecule has 1 atom stereocenters. The Bertz CT molecular complexity index is 695. The van der Waals surface area contributed by atoms with E-state index in [0.29, 0.717) is 0 Å². The first-order valence-corrected chi connectivity index (χ1v) is 7.67. The first-order chi connectivity index (χ1) is 11.2. The number of ether oxygens (including phenoxy) is 1. The molecule has 2 aromatic rings. The molecule has 0 aliphatic heterocycles. The van der Waals surface area contributed by atoms with Crippen LogP contribution < -0.4 is 0 Å². The largest absolute Gasteiger partial charge is 0.453 e. The summed E-state index contributed by atoms with van der Waals surface area (Å²) < 4.78 is 4.99. The predicted molar refractivity (Wildman–Crippen MR) is 88.1 cm³/mol. The average molecular weight is 309 g/mol. The third kappa shape index (κ3) is 2.50. The zero-order chi connectivity index (χ0) is 16.4. The molecule has 0 bridgehead atoms. The average Bonchev–Trinajstić information content (AvgIpc) is 2.90. The summed E-state index contributed by atoms with van der Waals surface area (Å²) in [6.07, 6.45) is 0.694. The summed E-state index contributed by atoms with van der Waals surface area (Å²) in [5, 5.41) is 0. The molecule has 0 N–H and O–H groups in total. The highest BCUT2D eigenvalue weighted by Gasteiger charge is 2.37. The van der Waals surface area contributed by atoms with Gasteiger partial charge in [0.2, 0.25) is 0 Å². The molecule has 0 unspecified atom stereocenters. The minimum Gasteiger partial charge on any atom is -0.453 e. The number of fused-ring (bicyclic) bond motifs is 3. The standard InChI is InChI=1S/C19H19NO3/c1-13(11-12-21)20(19(22)23-2)18-16-9-5-3-7-14(16)15-8-4-6-10-17(15)18/h3-10,12-13,18H,11H2,1-2H3/t13-/m0/s1. The van der Waals surface area contributed by atoms with Crippen LogP contribution >= 0.6 is 0 Å². The highest BCUT2D eigenvalue weighted by Crippen LogP contribution is 2.47. The molecule has 0 aromatic heterocycles. The number of rotatable bonds is 4. The van der Waals surface area contributed by atoms with Crippen molar-refractivity contribution in [2.45, 2.75) is 25.4 Å². The quantitative estimate of drug-likeness (QED) is 0.807. The van der Waals surface area contributed by atoms with Crippen LogP contribution in [0.15, 0.2) is 48.5 Å². The third-order valence-corrected chi connectivity index (χ3v) is 4.38. The Labute approximate surface area is 135 Å². The van der Waals surface area contributed by atoms with Gasteiger partial charge in [-0.1, -0.05) is 48.5 Å². The highest BCUT2D eigenvalue weighted by atomic mass is 16.5. The first-order valence-electron chi connectivity index (χ1n) is 7.67. The molecule has 4 nitrogen and oxygen atoms in total. The van der Waals surface area contributed by atoms with Crippen LogP contribution in [0.1, 0.15) is 30.5 Å². The molecule has 0 saturated carbocycles. The lowest BCUT2D eigenvalue weighted by Crippen LogP contribution is -2.41. The van der Waals surface area contributed by atoms with Gasteiger partial charge in [0.1, 0.15) is 6.29 Å². The van der Waals surface area contributed by atoms with E-state index in [9.17, 15) is 9.59 Å². The van der Waals surface area contributed by atoms with Gasteiger partial charge in [-0.15, -0.1) is 0 Å². The van der Waals surface area contributed by atoms with Crippen LogP contribution in [0.2, 0.25) is 0 Å². The van der Waals surface area contributed by atoms with E-state index in [1.165, 1.54) is 7.11 Å². The van der Waals surface area contributed by atoms with E-state index in [-0.39, 0.29) is 18.5 Å². The van der Waals surface area contributed by atoms with Gasteiger partial charge in [-0.3, -0.25) is 4.90 Å². The van der Waals surface area contributed by atoms with Gasteiger partial charge in [-0.25, -0.2) is 4.79 Å². The summed E-state index contributed by atoms with van der Waals surface area (Å²) in [7, 11) is 1.37. The fourth-order valence-corrected chi connectivity index (χ4v) is 3.33. The summed E-state index contributed by atoms with van der Waals surface area (Å²) in [6, 6.07) is 15.6. The predicted octanol–water partition coefficient (Wildman–Crippen LogP) is 3.80. The Hall–Kier alpha value is -2.62. The van der Waals surface area contributed by atoms with Gasteiger partial charge in [0.05, 0.1) is 13.2 Å². The zero-order valence-electron chi connectivity index (χ0n) is 13.2. The van der Waals surface area contributed by atoms with Crippen LogP contribution in [0.5, 0.6) is 0 Å². The Kier molecular flexibility index (Phi) is 4.15. The van der Waals surface area contributed by atoms with Crippen LogP contribution in [-0.4, -0.2) is 30.4 Å². The van der Waals surface area contributed by atoms with E-state index in [2.05, 4.69) is 12.1 Å². The van der Waals surface area contributed by atoms with E-state index in [4.69, 9.17) is 4.74 Å². The van der Waals surface area contributed by atoms with Crippen LogP contribution in [0.3, 0.4) is 0 Å². The molecule has 2 aromatic carbocycles. The van der Waals surface area contributed by atoms with E-state index in [1.807, 2.05) is 43.3 Å². The molecular formula is C19H19NO3. The zero-order valence-corrected chi connectivity index (χ0v) is 13.2. The van der Waals surface area contributed by atoms with Crippen LogP contribution in [0.4, 0.5) is 4.79 Å². The Morgan fingerprint density at radius 1 is 1.13 bits per heavy atom. The van der Waals surface area contributed by atoms with Crippen molar-refractivity contribution in [3.63, 3.8) is 0 Å². The summed E-state index contributed by atoms with van der Waals surface area (Å²) >= 11 is 0. The van der Waals surface area contributed by atoms with Gasteiger partial charge < -0.3 is 9.53 Å². The SMILES string of the molecule is COC(=O)N(C1c2ccccc2-c2ccccc21)[C@@H](C)CC=O. The maximum atomic E-state index is 12.4. The third-order valence-electron chi connectivity index (χ3n) is 4.38. The number of carbonyl (C=O) groups excluding carboxylic acids is 2. The molecule has 118 valence electrons. The molecule has 3 rings (SSSR count). The molecule has 0 heterocycles. The fraction of sp³-hybridized carbons (Fsp3) is 0.263. The minimum absolute atomic E-state index is 0.232. The number of nitrogens with zero attached hydrogens (tertiary/aromatic N) is 1. The Morgan fingerprint density at radius 3 is 2.13 bits per heavy atom. The number of carbonyl (C=O) groups is 2. The highest BCUT2D eigenvalue weighted by molar-refractivity contribution is 5.81. The topological polar surface area (TPSA) is 46.6 Å². The van der Waals surface area contributed by atoms with Gasteiger partial charge in [-0.2, -0.15) is 0 Å². The maximum Gasteiger partial charge on any atom is 0.410 e. The van der Waals surface area contributed by atoms with Crippen LogP contribution in [0.25, 0.3) is 11.1 Å². The fourth-order valence-electron chi connectivity index (χ4n) is 3.33. The molecule has 0 spiro atoms. The number of hydrogen-bond acceptors (Lipinski definition) is 3. The maximum absolute atomic E-state index is 12.4. The van der Waals surface area contributed by atoms with Crippen molar-refractivity contribution in [1.82, 2.24) is 4.90 Å². The summed E-state index contributed by atoms with van der Waals surface area (Å²) in [4.78, 5) is 25.0. The second-order valence-corrected chi connectivity index (χ2v) is 5.71. The van der Waals surface area contributed by atoms with Crippen molar-refractivity contribution >= 4 is 12.4 Å². The molecule has 4 heteroatoms. The van der Waals surface area contributed by atoms with E-state index >= 15 is 0 Å². The molecule has 0 radical (unpaired) electrons. The Balaban J connectivity index is 2.16. The van der Waals surface area contributed by atoms with Crippen molar-refractivity contribution in [3.8, 4) is 11.1 Å². The normalized spacial score (nSPS) is 13.8. The monoisotopic (exact) mass is 309 g/mol. The van der Waals surface area contributed by atoms with E-state index in [1.54, 1.807) is 4.90 Å². The number of methoxy groups -OCH3 is 1. The molecule has 1 aliphatic rings. The van der Waals surface area contributed by atoms with Crippen molar-refractivity contribution in [2.24, 2.45) is 0 Å². The second-order valence-electron chi connectivity index (χ2n) is 5.71.